The van der Waals surface area contributed by atoms with Crippen molar-refractivity contribution in [2.75, 3.05) is 31.7 Å². The summed E-state index contributed by atoms with van der Waals surface area (Å²) in [6, 6.07) is 4.46. The summed E-state index contributed by atoms with van der Waals surface area (Å²) >= 11 is 0. The van der Waals surface area contributed by atoms with Gasteiger partial charge in [0.05, 0.1) is 19.8 Å². The van der Waals surface area contributed by atoms with E-state index in [-0.39, 0.29) is 24.1 Å². The van der Waals surface area contributed by atoms with E-state index in [0.29, 0.717) is 49.8 Å². The minimum absolute atomic E-state index is 0.0241. The van der Waals surface area contributed by atoms with Crippen LogP contribution in [0.5, 0.6) is 11.5 Å². The Morgan fingerprint density at radius 2 is 1.77 bits per heavy atom. The molecule has 31 heavy (non-hydrogen) atoms. The van der Waals surface area contributed by atoms with Crippen molar-refractivity contribution in [2.24, 2.45) is 5.92 Å². The van der Waals surface area contributed by atoms with Crippen molar-refractivity contribution in [3.63, 3.8) is 0 Å². The molecular weight excluding hydrogens is 402 g/mol. The highest BCUT2D eigenvalue weighted by atomic mass is 16.5. The van der Waals surface area contributed by atoms with Crippen LogP contribution >= 0.6 is 0 Å². The second-order valence-corrected chi connectivity index (χ2v) is 6.83. The number of benzene rings is 1. The molecule has 1 aliphatic heterocycles. The largest absolute Gasteiger partial charge is 0.494 e. The number of hydrogen-bond donors (Lipinski definition) is 3. The molecule has 0 saturated carbocycles. The van der Waals surface area contributed by atoms with Crippen molar-refractivity contribution < 1.29 is 28.6 Å². The lowest BCUT2D eigenvalue weighted by molar-refractivity contribution is -0.138. The Kier molecular flexibility index (Phi) is 9.67. The second kappa shape index (κ2) is 12.5. The lowest BCUT2D eigenvalue weighted by Gasteiger charge is -2.13. The van der Waals surface area contributed by atoms with Gasteiger partial charge in [-0.3, -0.25) is 4.79 Å². The van der Waals surface area contributed by atoms with Gasteiger partial charge in [0.2, 0.25) is 5.91 Å². The van der Waals surface area contributed by atoms with Crippen LogP contribution in [0.3, 0.4) is 0 Å². The highest BCUT2D eigenvalue weighted by Crippen LogP contribution is 2.26. The summed E-state index contributed by atoms with van der Waals surface area (Å²) in [6.07, 6.45) is 3.41. The number of allylic oxidation sites excluding steroid dienone is 1. The molecule has 0 aromatic heterocycles. The average Bonchev–Trinajstić information content (AvgIpc) is 3.12. The zero-order valence-corrected chi connectivity index (χ0v) is 18.3. The van der Waals surface area contributed by atoms with Gasteiger partial charge in [-0.25, -0.2) is 9.59 Å². The summed E-state index contributed by atoms with van der Waals surface area (Å²) in [4.78, 5) is 36.5. The summed E-state index contributed by atoms with van der Waals surface area (Å²) in [5, 5.41) is 8.01. The Bertz CT molecular complexity index is 784. The molecule has 1 aromatic rings. The second-order valence-electron chi connectivity index (χ2n) is 6.83. The molecule has 0 aliphatic carbocycles. The summed E-state index contributed by atoms with van der Waals surface area (Å²) in [5.41, 5.74) is 0.487. The first-order chi connectivity index (χ1) is 15.0. The third kappa shape index (κ3) is 7.84. The molecular formula is C22H31N3O6. The highest BCUT2D eigenvalue weighted by molar-refractivity contribution is 5.98. The first kappa shape index (κ1) is 24.0. The highest BCUT2D eigenvalue weighted by Gasteiger charge is 2.23. The zero-order valence-electron chi connectivity index (χ0n) is 18.3. The number of carbonyl (C=O) groups is 3. The number of esters is 1. The van der Waals surface area contributed by atoms with Crippen LogP contribution in [0.1, 0.15) is 40.0 Å². The topological polar surface area (TPSA) is 115 Å². The van der Waals surface area contributed by atoms with E-state index >= 15 is 0 Å². The molecule has 1 aliphatic rings. The van der Waals surface area contributed by atoms with E-state index in [1.54, 1.807) is 31.2 Å². The molecule has 1 fully saturated rings. The Morgan fingerprint density at radius 3 is 2.32 bits per heavy atom. The summed E-state index contributed by atoms with van der Waals surface area (Å²) in [7, 11) is 0. The molecule has 9 nitrogen and oxygen atoms in total. The Hall–Kier alpha value is -3.23. The van der Waals surface area contributed by atoms with Crippen LogP contribution in [-0.4, -0.2) is 44.3 Å². The predicted molar refractivity (Wildman–Crippen MR) is 116 cm³/mol. The van der Waals surface area contributed by atoms with Crippen LogP contribution < -0.4 is 25.4 Å². The monoisotopic (exact) mass is 433 g/mol. The predicted octanol–water partition coefficient (Wildman–Crippen LogP) is 2.97. The number of hydrogen-bond acceptors (Lipinski definition) is 6. The third-order valence-electron chi connectivity index (χ3n) is 4.53. The van der Waals surface area contributed by atoms with Gasteiger partial charge in [-0.15, -0.1) is 0 Å². The molecule has 0 bridgehead atoms. The SMILES string of the molecule is CCOC(=O)C(=CCC[C@H]1CCNC1=O)NC(=O)Nc1cc(OCC)cc(OCC)c1. The summed E-state index contributed by atoms with van der Waals surface area (Å²) in [6.45, 7) is 7.19. The molecule has 3 N–H and O–H groups in total. The van der Waals surface area contributed by atoms with E-state index in [0.717, 1.165) is 6.42 Å². The number of urea groups is 1. The Morgan fingerprint density at radius 1 is 1.10 bits per heavy atom. The van der Waals surface area contributed by atoms with Crippen LogP contribution in [0.25, 0.3) is 0 Å². The minimum atomic E-state index is -0.633. The van der Waals surface area contributed by atoms with Crippen molar-refractivity contribution in [3.05, 3.63) is 30.0 Å². The number of rotatable bonds is 11. The number of ether oxygens (including phenoxy) is 3. The maximum absolute atomic E-state index is 12.5. The first-order valence-corrected chi connectivity index (χ1v) is 10.6. The maximum atomic E-state index is 12.5. The van der Waals surface area contributed by atoms with Gasteiger partial charge < -0.3 is 30.2 Å². The number of carbonyl (C=O) groups excluding carboxylic acids is 3. The van der Waals surface area contributed by atoms with Crippen LogP contribution in [0.15, 0.2) is 30.0 Å². The van der Waals surface area contributed by atoms with Gasteiger partial charge in [-0.2, -0.15) is 0 Å². The molecule has 0 radical (unpaired) electrons. The molecule has 1 saturated heterocycles. The molecule has 9 heteroatoms. The molecule has 170 valence electrons. The molecule has 0 spiro atoms. The Balaban J connectivity index is 2.05. The first-order valence-electron chi connectivity index (χ1n) is 10.6. The third-order valence-corrected chi connectivity index (χ3v) is 4.53. The van der Waals surface area contributed by atoms with Gasteiger partial charge in [-0.05, 0) is 40.0 Å². The lowest BCUT2D eigenvalue weighted by atomic mass is 10.0. The quantitative estimate of drug-likeness (QED) is 0.365. The van der Waals surface area contributed by atoms with E-state index < -0.39 is 12.0 Å². The van der Waals surface area contributed by atoms with E-state index in [9.17, 15) is 14.4 Å². The van der Waals surface area contributed by atoms with Crippen LogP contribution in [0.4, 0.5) is 10.5 Å². The summed E-state index contributed by atoms with van der Waals surface area (Å²) in [5.74, 6) is 0.425. The van der Waals surface area contributed by atoms with Gasteiger partial charge in [-0.1, -0.05) is 6.08 Å². The van der Waals surface area contributed by atoms with Crippen molar-refractivity contribution in [1.82, 2.24) is 10.6 Å². The molecule has 2 rings (SSSR count). The van der Waals surface area contributed by atoms with Gasteiger partial charge >= 0.3 is 12.0 Å². The van der Waals surface area contributed by atoms with Gasteiger partial charge in [0, 0.05) is 36.3 Å². The number of nitrogens with one attached hydrogen (secondary N) is 3. The van der Waals surface area contributed by atoms with Gasteiger partial charge in [0.25, 0.3) is 0 Å². The number of anilines is 1. The fourth-order valence-electron chi connectivity index (χ4n) is 3.17. The van der Waals surface area contributed by atoms with E-state index in [1.165, 1.54) is 0 Å². The molecule has 0 unspecified atom stereocenters. The lowest BCUT2D eigenvalue weighted by Crippen LogP contribution is -2.32. The zero-order chi connectivity index (χ0) is 22.6. The molecule has 3 amide bonds. The fraction of sp³-hybridized carbons (Fsp3) is 0.500. The standard InChI is InChI=1S/C22H31N3O6/c1-4-29-17-12-16(13-18(14-17)30-5-2)24-22(28)25-19(21(27)31-6-3)9-7-8-15-10-11-23-20(15)26/h9,12-15H,4-8,10-11H2,1-3H3,(H,23,26)(H2,24,25,28)/t15-/m0/s1. The van der Waals surface area contributed by atoms with Crippen LogP contribution in [0, 0.1) is 5.92 Å². The maximum Gasteiger partial charge on any atom is 0.354 e. The minimum Gasteiger partial charge on any atom is -0.494 e. The molecule has 1 atom stereocenters. The normalized spacial score (nSPS) is 15.8. The smallest absolute Gasteiger partial charge is 0.354 e. The van der Waals surface area contributed by atoms with Gasteiger partial charge in [0.1, 0.15) is 17.2 Å². The van der Waals surface area contributed by atoms with Crippen molar-refractivity contribution in [3.8, 4) is 11.5 Å². The van der Waals surface area contributed by atoms with Crippen LogP contribution in [0.2, 0.25) is 0 Å². The Labute approximate surface area is 182 Å². The number of amides is 3. The van der Waals surface area contributed by atoms with Crippen molar-refractivity contribution in [1.29, 1.82) is 0 Å². The summed E-state index contributed by atoms with van der Waals surface area (Å²) < 4.78 is 16.0. The van der Waals surface area contributed by atoms with Crippen molar-refractivity contribution >= 4 is 23.6 Å². The molecule has 1 heterocycles. The van der Waals surface area contributed by atoms with Gasteiger partial charge in [0.15, 0.2) is 0 Å². The average molecular weight is 434 g/mol. The van der Waals surface area contributed by atoms with E-state index in [4.69, 9.17) is 14.2 Å². The van der Waals surface area contributed by atoms with Crippen LogP contribution in [-0.2, 0) is 14.3 Å². The van der Waals surface area contributed by atoms with E-state index in [1.807, 2.05) is 13.8 Å². The molecule has 1 aromatic carbocycles. The fourth-order valence-corrected chi connectivity index (χ4v) is 3.17. The van der Waals surface area contributed by atoms with E-state index in [2.05, 4.69) is 16.0 Å². The van der Waals surface area contributed by atoms with Crippen molar-refractivity contribution in [2.45, 2.75) is 40.0 Å².